The molecule has 1 N–H and O–H groups in total. The second kappa shape index (κ2) is 11.2. The summed E-state index contributed by atoms with van der Waals surface area (Å²) in [5, 5.41) is 2.96. The highest BCUT2D eigenvalue weighted by atomic mass is 16.5. The third-order valence-corrected chi connectivity index (χ3v) is 5.48. The van der Waals surface area contributed by atoms with Gasteiger partial charge in [0.2, 0.25) is 0 Å². The van der Waals surface area contributed by atoms with E-state index < -0.39 is 11.6 Å². The first-order valence-electron chi connectivity index (χ1n) is 10.8. The number of hydrogen-bond donors (Lipinski definition) is 1. The number of amides is 1. The van der Waals surface area contributed by atoms with Crippen LogP contribution < -0.4 is 10.1 Å². The maximum Gasteiger partial charge on any atom is 0.341 e. The summed E-state index contributed by atoms with van der Waals surface area (Å²) in [5.74, 6) is 0.433. The van der Waals surface area contributed by atoms with Crippen molar-refractivity contribution in [2.24, 2.45) is 5.92 Å². The van der Waals surface area contributed by atoms with Crippen LogP contribution in [0.2, 0.25) is 0 Å². The Bertz CT molecular complexity index is 674. The van der Waals surface area contributed by atoms with Gasteiger partial charge in [-0.05, 0) is 62.6 Å². The Kier molecular flexibility index (Phi) is 8.96. The third-order valence-electron chi connectivity index (χ3n) is 5.48. The summed E-state index contributed by atoms with van der Waals surface area (Å²) in [6.45, 7) is 7.40. The molecule has 1 amide bonds. The molecule has 1 aromatic rings. The van der Waals surface area contributed by atoms with E-state index in [0.29, 0.717) is 49.0 Å². The quantitative estimate of drug-likeness (QED) is 0.440. The van der Waals surface area contributed by atoms with Crippen LogP contribution in [0.25, 0.3) is 0 Å². The lowest BCUT2D eigenvalue weighted by atomic mass is 9.78. The molecule has 2 rings (SSSR count). The standard InChI is InChI=1S/C23H35NO5/c1-5-7-15-28-20-9-8-18(16-19(20)21(25)27-4)24-22(26)23(29-14-6-2)12-10-17(3)11-13-23/h8-9,16-17H,5-7,10-15H2,1-4H3,(H,24,26). The molecule has 0 atom stereocenters. The molecule has 1 fully saturated rings. The molecule has 29 heavy (non-hydrogen) atoms. The molecule has 0 radical (unpaired) electrons. The van der Waals surface area contributed by atoms with Crippen molar-refractivity contribution >= 4 is 17.6 Å². The molecule has 1 aliphatic rings. The highest BCUT2D eigenvalue weighted by Crippen LogP contribution is 2.36. The van der Waals surface area contributed by atoms with Crippen LogP contribution in [0.1, 0.15) is 76.1 Å². The molecular formula is C23H35NO5. The molecule has 0 heterocycles. The fourth-order valence-corrected chi connectivity index (χ4v) is 3.54. The molecule has 0 spiro atoms. The van der Waals surface area contributed by atoms with E-state index in [1.165, 1.54) is 7.11 Å². The van der Waals surface area contributed by atoms with Gasteiger partial charge in [-0.1, -0.05) is 27.2 Å². The van der Waals surface area contributed by atoms with Gasteiger partial charge < -0.3 is 19.5 Å². The number of esters is 1. The number of carbonyl (C=O) groups excluding carboxylic acids is 2. The van der Waals surface area contributed by atoms with Crippen LogP contribution in [0.5, 0.6) is 5.75 Å². The summed E-state index contributed by atoms with van der Waals surface area (Å²) >= 11 is 0. The molecule has 0 unspecified atom stereocenters. The highest BCUT2D eigenvalue weighted by molar-refractivity contribution is 5.99. The molecule has 0 aromatic heterocycles. The van der Waals surface area contributed by atoms with Crippen molar-refractivity contribution in [3.63, 3.8) is 0 Å². The van der Waals surface area contributed by atoms with E-state index in [4.69, 9.17) is 14.2 Å². The van der Waals surface area contributed by atoms with E-state index in [2.05, 4.69) is 19.2 Å². The summed E-state index contributed by atoms with van der Waals surface area (Å²) in [6.07, 6.45) is 6.11. The van der Waals surface area contributed by atoms with Gasteiger partial charge in [-0.25, -0.2) is 4.79 Å². The summed E-state index contributed by atoms with van der Waals surface area (Å²) in [7, 11) is 1.33. The van der Waals surface area contributed by atoms with Gasteiger partial charge in [-0.3, -0.25) is 4.79 Å². The van der Waals surface area contributed by atoms with E-state index in [-0.39, 0.29) is 5.91 Å². The Hall–Kier alpha value is -2.08. The minimum atomic E-state index is -0.801. The van der Waals surface area contributed by atoms with Crippen LogP contribution in [0.15, 0.2) is 18.2 Å². The molecule has 1 aliphatic carbocycles. The van der Waals surface area contributed by atoms with E-state index in [9.17, 15) is 9.59 Å². The van der Waals surface area contributed by atoms with Gasteiger partial charge in [0.15, 0.2) is 0 Å². The van der Waals surface area contributed by atoms with Crippen LogP contribution in [0.4, 0.5) is 5.69 Å². The third kappa shape index (κ3) is 6.20. The van der Waals surface area contributed by atoms with Gasteiger partial charge in [0, 0.05) is 12.3 Å². The summed E-state index contributed by atoms with van der Waals surface area (Å²) in [5.41, 5.74) is 0.0445. The lowest BCUT2D eigenvalue weighted by molar-refractivity contribution is -0.147. The Morgan fingerprint density at radius 1 is 1.14 bits per heavy atom. The number of unbranched alkanes of at least 4 members (excludes halogenated alkanes) is 1. The van der Waals surface area contributed by atoms with Crippen molar-refractivity contribution in [2.45, 2.75) is 71.3 Å². The first-order chi connectivity index (χ1) is 14.0. The van der Waals surface area contributed by atoms with E-state index in [1.54, 1.807) is 18.2 Å². The Labute approximate surface area is 174 Å². The molecule has 1 aromatic carbocycles. The number of ether oxygens (including phenoxy) is 3. The fourth-order valence-electron chi connectivity index (χ4n) is 3.54. The smallest absolute Gasteiger partial charge is 0.341 e. The average Bonchev–Trinajstić information content (AvgIpc) is 2.74. The van der Waals surface area contributed by atoms with E-state index in [1.807, 2.05) is 6.92 Å². The molecule has 0 saturated heterocycles. The molecule has 1 saturated carbocycles. The predicted octanol–water partition coefficient (Wildman–Crippen LogP) is 4.97. The molecule has 162 valence electrons. The van der Waals surface area contributed by atoms with Gasteiger partial charge in [-0.15, -0.1) is 0 Å². The van der Waals surface area contributed by atoms with E-state index in [0.717, 1.165) is 32.1 Å². The number of nitrogens with one attached hydrogen (secondary N) is 1. The highest BCUT2D eigenvalue weighted by Gasteiger charge is 2.42. The zero-order valence-electron chi connectivity index (χ0n) is 18.2. The van der Waals surface area contributed by atoms with Gasteiger partial charge in [-0.2, -0.15) is 0 Å². The van der Waals surface area contributed by atoms with Gasteiger partial charge in [0.25, 0.3) is 5.91 Å². The molecule has 0 bridgehead atoms. The minimum Gasteiger partial charge on any atom is -0.493 e. The van der Waals surface area contributed by atoms with Crippen LogP contribution in [-0.2, 0) is 14.3 Å². The van der Waals surface area contributed by atoms with Gasteiger partial charge in [0.05, 0.1) is 13.7 Å². The monoisotopic (exact) mass is 405 g/mol. The van der Waals surface area contributed by atoms with Gasteiger partial charge >= 0.3 is 5.97 Å². The molecule has 0 aliphatic heterocycles. The Balaban J connectivity index is 2.19. The molecule has 6 heteroatoms. The van der Waals surface area contributed by atoms with Crippen LogP contribution in [0, 0.1) is 5.92 Å². The number of rotatable bonds is 10. The van der Waals surface area contributed by atoms with Crippen molar-refractivity contribution in [3.8, 4) is 5.75 Å². The van der Waals surface area contributed by atoms with Crippen LogP contribution in [0.3, 0.4) is 0 Å². The average molecular weight is 406 g/mol. The van der Waals surface area contributed by atoms with Gasteiger partial charge in [0.1, 0.15) is 16.9 Å². The topological polar surface area (TPSA) is 73.9 Å². The zero-order chi connectivity index (χ0) is 21.3. The van der Waals surface area contributed by atoms with Crippen molar-refractivity contribution in [1.29, 1.82) is 0 Å². The van der Waals surface area contributed by atoms with Crippen LogP contribution >= 0.6 is 0 Å². The first-order valence-corrected chi connectivity index (χ1v) is 10.8. The summed E-state index contributed by atoms with van der Waals surface area (Å²) in [6, 6.07) is 5.08. The molecule has 6 nitrogen and oxygen atoms in total. The maximum absolute atomic E-state index is 13.2. The molecular weight excluding hydrogens is 370 g/mol. The lowest BCUT2D eigenvalue weighted by Crippen LogP contribution is -2.48. The minimum absolute atomic E-state index is 0.145. The number of hydrogen-bond acceptors (Lipinski definition) is 5. The maximum atomic E-state index is 13.2. The second-order valence-electron chi connectivity index (χ2n) is 7.88. The van der Waals surface area contributed by atoms with Crippen molar-refractivity contribution in [1.82, 2.24) is 0 Å². The summed E-state index contributed by atoms with van der Waals surface area (Å²) in [4.78, 5) is 25.4. The van der Waals surface area contributed by atoms with E-state index >= 15 is 0 Å². The van der Waals surface area contributed by atoms with Crippen LogP contribution in [-0.4, -0.2) is 37.8 Å². The van der Waals surface area contributed by atoms with Crippen molar-refractivity contribution in [3.05, 3.63) is 23.8 Å². The predicted molar refractivity (Wildman–Crippen MR) is 113 cm³/mol. The zero-order valence-corrected chi connectivity index (χ0v) is 18.2. The fraction of sp³-hybridized carbons (Fsp3) is 0.652. The Morgan fingerprint density at radius 3 is 2.48 bits per heavy atom. The number of methoxy groups -OCH3 is 1. The van der Waals surface area contributed by atoms with Crippen molar-refractivity contribution in [2.75, 3.05) is 25.6 Å². The summed E-state index contributed by atoms with van der Waals surface area (Å²) < 4.78 is 16.7. The second-order valence-corrected chi connectivity index (χ2v) is 7.88. The van der Waals surface area contributed by atoms with Crippen molar-refractivity contribution < 1.29 is 23.8 Å². The number of benzene rings is 1. The first kappa shape index (κ1) is 23.2. The number of anilines is 1. The SMILES string of the molecule is CCCCOc1ccc(NC(=O)C2(OCCC)CCC(C)CC2)cc1C(=O)OC. The normalized spacial score (nSPS) is 21.4. The lowest BCUT2D eigenvalue weighted by Gasteiger charge is -2.38. The largest absolute Gasteiger partial charge is 0.493 e. The Morgan fingerprint density at radius 2 is 1.86 bits per heavy atom. The number of carbonyl (C=O) groups is 2.